The zero-order chi connectivity index (χ0) is 24.0. The van der Waals surface area contributed by atoms with Crippen LogP contribution < -0.4 is 5.32 Å². The molecule has 1 aliphatic rings. The SMILES string of the molecule is O=C(NCc1cn(-c2ccccc2)nc1-c1ccc(F)cc1)c1cccc(CN2CCOCC2)c1. The molecule has 3 aromatic carbocycles. The Morgan fingerprint density at radius 1 is 0.971 bits per heavy atom. The number of rotatable bonds is 7. The van der Waals surface area contributed by atoms with E-state index in [4.69, 9.17) is 9.84 Å². The Balaban J connectivity index is 1.34. The number of halogens is 1. The number of hydrogen-bond donors (Lipinski definition) is 1. The number of carbonyl (C=O) groups is 1. The standard InChI is InChI=1S/C28H27FN4O2/c29-25-11-9-22(10-12-25)27-24(20-33(31-27)26-7-2-1-3-8-26)18-30-28(34)23-6-4-5-21(17-23)19-32-13-15-35-16-14-32/h1-12,17,20H,13-16,18-19H2,(H,30,34). The van der Waals surface area contributed by atoms with Crippen LogP contribution in [0.4, 0.5) is 4.39 Å². The molecule has 1 N–H and O–H groups in total. The molecule has 0 radical (unpaired) electrons. The summed E-state index contributed by atoms with van der Waals surface area (Å²) in [6.45, 7) is 4.37. The molecule has 0 bridgehead atoms. The smallest absolute Gasteiger partial charge is 0.251 e. The monoisotopic (exact) mass is 470 g/mol. The molecule has 7 heteroatoms. The van der Waals surface area contributed by atoms with Gasteiger partial charge in [0.05, 0.1) is 24.6 Å². The first-order valence-corrected chi connectivity index (χ1v) is 11.7. The minimum absolute atomic E-state index is 0.147. The summed E-state index contributed by atoms with van der Waals surface area (Å²) in [5.41, 5.74) is 4.97. The fraction of sp³-hybridized carbons (Fsp3) is 0.214. The number of amides is 1. The van der Waals surface area contributed by atoms with Gasteiger partial charge in [-0.15, -0.1) is 0 Å². The van der Waals surface area contributed by atoms with Gasteiger partial charge in [0, 0.05) is 49.1 Å². The highest BCUT2D eigenvalue weighted by atomic mass is 19.1. The maximum atomic E-state index is 13.5. The zero-order valence-electron chi connectivity index (χ0n) is 19.4. The first-order chi connectivity index (χ1) is 17.2. The molecule has 1 amide bonds. The van der Waals surface area contributed by atoms with Gasteiger partial charge in [-0.1, -0.05) is 30.3 Å². The van der Waals surface area contributed by atoms with E-state index in [1.165, 1.54) is 12.1 Å². The summed E-state index contributed by atoms with van der Waals surface area (Å²) in [7, 11) is 0. The van der Waals surface area contributed by atoms with E-state index in [0.717, 1.165) is 55.2 Å². The van der Waals surface area contributed by atoms with Crippen LogP contribution in [0.2, 0.25) is 0 Å². The van der Waals surface area contributed by atoms with Gasteiger partial charge in [-0.3, -0.25) is 9.69 Å². The van der Waals surface area contributed by atoms with Crippen molar-refractivity contribution in [3.8, 4) is 16.9 Å². The lowest BCUT2D eigenvalue weighted by molar-refractivity contribution is 0.0342. The van der Waals surface area contributed by atoms with Crippen molar-refractivity contribution in [2.75, 3.05) is 26.3 Å². The van der Waals surface area contributed by atoms with Crippen LogP contribution in [0, 0.1) is 5.82 Å². The van der Waals surface area contributed by atoms with Crippen LogP contribution in [0.15, 0.2) is 85.1 Å². The lowest BCUT2D eigenvalue weighted by atomic mass is 10.1. The fourth-order valence-electron chi connectivity index (χ4n) is 4.21. The average molecular weight is 471 g/mol. The van der Waals surface area contributed by atoms with Gasteiger partial charge in [-0.05, 0) is 54.1 Å². The van der Waals surface area contributed by atoms with E-state index in [0.29, 0.717) is 17.8 Å². The van der Waals surface area contributed by atoms with Gasteiger partial charge in [-0.25, -0.2) is 9.07 Å². The summed E-state index contributed by atoms with van der Waals surface area (Å²) in [6, 6.07) is 23.7. The van der Waals surface area contributed by atoms with Crippen molar-refractivity contribution in [2.45, 2.75) is 13.1 Å². The summed E-state index contributed by atoms with van der Waals surface area (Å²) in [5, 5.41) is 7.77. The highest BCUT2D eigenvalue weighted by Crippen LogP contribution is 2.24. The second-order valence-corrected chi connectivity index (χ2v) is 8.56. The summed E-state index contributed by atoms with van der Waals surface area (Å²) >= 11 is 0. The van der Waals surface area contributed by atoms with E-state index >= 15 is 0 Å². The molecule has 1 saturated heterocycles. The molecule has 2 heterocycles. The molecule has 178 valence electrons. The number of aromatic nitrogens is 2. The maximum Gasteiger partial charge on any atom is 0.251 e. The third-order valence-electron chi connectivity index (χ3n) is 6.07. The van der Waals surface area contributed by atoms with Gasteiger partial charge in [0.2, 0.25) is 0 Å². The third kappa shape index (κ3) is 5.65. The third-order valence-corrected chi connectivity index (χ3v) is 6.07. The molecule has 0 saturated carbocycles. The molecular weight excluding hydrogens is 443 g/mol. The Kier molecular flexibility index (Phi) is 6.97. The first kappa shape index (κ1) is 23.0. The minimum Gasteiger partial charge on any atom is -0.379 e. The Labute approximate surface area is 204 Å². The molecule has 0 aliphatic carbocycles. The number of carbonyl (C=O) groups excluding carboxylic acids is 1. The van der Waals surface area contributed by atoms with Crippen molar-refractivity contribution < 1.29 is 13.9 Å². The lowest BCUT2D eigenvalue weighted by Gasteiger charge is -2.26. The van der Waals surface area contributed by atoms with E-state index in [1.807, 2.05) is 60.8 Å². The second-order valence-electron chi connectivity index (χ2n) is 8.56. The second kappa shape index (κ2) is 10.6. The van der Waals surface area contributed by atoms with Gasteiger partial charge in [0.25, 0.3) is 5.91 Å². The van der Waals surface area contributed by atoms with E-state index in [1.54, 1.807) is 16.8 Å². The molecule has 0 unspecified atom stereocenters. The molecule has 4 aromatic rings. The van der Waals surface area contributed by atoms with Crippen LogP contribution >= 0.6 is 0 Å². The number of nitrogens with one attached hydrogen (secondary N) is 1. The number of nitrogens with zero attached hydrogens (tertiary/aromatic N) is 3. The maximum absolute atomic E-state index is 13.5. The Hall–Kier alpha value is -3.81. The number of morpholine rings is 1. The highest BCUT2D eigenvalue weighted by molar-refractivity contribution is 5.94. The average Bonchev–Trinajstić information content (AvgIpc) is 3.33. The Morgan fingerprint density at radius 2 is 1.74 bits per heavy atom. The molecule has 0 atom stereocenters. The van der Waals surface area contributed by atoms with E-state index in [2.05, 4.69) is 10.2 Å². The summed E-state index contributed by atoms with van der Waals surface area (Å²) in [6.07, 6.45) is 1.91. The van der Waals surface area contributed by atoms with Crippen molar-refractivity contribution in [1.82, 2.24) is 20.0 Å². The van der Waals surface area contributed by atoms with Gasteiger partial charge in [0.1, 0.15) is 5.82 Å². The predicted molar refractivity (Wildman–Crippen MR) is 133 cm³/mol. The predicted octanol–water partition coefficient (Wildman–Crippen LogP) is 4.44. The topological polar surface area (TPSA) is 59.4 Å². The highest BCUT2D eigenvalue weighted by Gasteiger charge is 2.15. The summed E-state index contributed by atoms with van der Waals surface area (Å²) in [4.78, 5) is 15.3. The Bertz CT molecular complexity index is 1280. The van der Waals surface area contributed by atoms with E-state index < -0.39 is 0 Å². The fourth-order valence-corrected chi connectivity index (χ4v) is 4.21. The van der Waals surface area contributed by atoms with Gasteiger partial charge >= 0.3 is 0 Å². The van der Waals surface area contributed by atoms with Crippen LogP contribution in [0.5, 0.6) is 0 Å². The van der Waals surface area contributed by atoms with Crippen molar-refractivity contribution in [2.24, 2.45) is 0 Å². The molecule has 6 nitrogen and oxygen atoms in total. The molecule has 1 aliphatic heterocycles. The van der Waals surface area contributed by atoms with Crippen molar-refractivity contribution in [1.29, 1.82) is 0 Å². The zero-order valence-corrected chi connectivity index (χ0v) is 19.4. The quantitative estimate of drug-likeness (QED) is 0.434. The van der Waals surface area contributed by atoms with Crippen LogP contribution in [0.1, 0.15) is 21.5 Å². The number of benzene rings is 3. The molecule has 0 spiro atoms. The van der Waals surface area contributed by atoms with Crippen LogP contribution in [0.3, 0.4) is 0 Å². The molecular formula is C28H27FN4O2. The Morgan fingerprint density at radius 3 is 2.51 bits per heavy atom. The molecule has 1 aromatic heterocycles. The molecule has 5 rings (SSSR count). The van der Waals surface area contributed by atoms with Gasteiger partial charge < -0.3 is 10.1 Å². The van der Waals surface area contributed by atoms with E-state index in [-0.39, 0.29) is 11.7 Å². The first-order valence-electron chi connectivity index (χ1n) is 11.7. The molecule has 1 fully saturated rings. The van der Waals surface area contributed by atoms with E-state index in [9.17, 15) is 9.18 Å². The number of para-hydroxylation sites is 1. The van der Waals surface area contributed by atoms with Crippen LogP contribution in [-0.2, 0) is 17.8 Å². The lowest BCUT2D eigenvalue weighted by Crippen LogP contribution is -2.35. The minimum atomic E-state index is -0.303. The van der Waals surface area contributed by atoms with Crippen LogP contribution in [-0.4, -0.2) is 46.9 Å². The summed E-state index contributed by atoms with van der Waals surface area (Å²) in [5.74, 6) is -0.450. The van der Waals surface area contributed by atoms with Crippen LogP contribution in [0.25, 0.3) is 16.9 Å². The van der Waals surface area contributed by atoms with Crippen molar-refractivity contribution >= 4 is 5.91 Å². The number of ether oxygens (including phenoxy) is 1. The number of hydrogen-bond acceptors (Lipinski definition) is 4. The van der Waals surface area contributed by atoms with Gasteiger partial charge in [-0.2, -0.15) is 5.10 Å². The largest absolute Gasteiger partial charge is 0.379 e. The summed E-state index contributed by atoms with van der Waals surface area (Å²) < 4.78 is 20.7. The normalized spacial score (nSPS) is 14.1. The molecule has 35 heavy (non-hydrogen) atoms. The van der Waals surface area contributed by atoms with Gasteiger partial charge in [0.15, 0.2) is 0 Å². The van der Waals surface area contributed by atoms with Crippen molar-refractivity contribution in [3.63, 3.8) is 0 Å². The van der Waals surface area contributed by atoms with Crippen molar-refractivity contribution in [3.05, 3.63) is 108 Å².